The van der Waals surface area contributed by atoms with E-state index in [1.165, 1.54) is 30.5 Å². The number of hydrogen-bond donors (Lipinski definition) is 3. The molecule has 1 aromatic carbocycles. The zero-order chi connectivity index (χ0) is 26.6. The van der Waals surface area contributed by atoms with Crippen molar-refractivity contribution in [1.29, 1.82) is 0 Å². The molecule has 2 aromatic heterocycles. The number of hydroxylamine groups is 2. The summed E-state index contributed by atoms with van der Waals surface area (Å²) in [5.41, 5.74) is -0.341. The fourth-order valence-electron chi connectivity index (χ4n) is 3.51. The summed E-state index contributed by atoms with van der Waals surface area (Å²) in [5, 5.41) is 9.57. The Morgan fingerprint density at radius 2 is 1.86 bits per heavy atom. The zero-order valence-electron chi connectivity index (χ0n) is 19.0. The van der Waals surface area contributed by atoms with Crippen molar-refractivity contribution in [2.45, 2.75) is 31.5 Å². The Morgan fingerprint density at radius 1 is 1.11 bits per heavy atom. The number of aromatic amines is 1. The molecule has 0 bridgehead atoms. The second-order valence-electron chi connectivity index (χ2n) is 7.89. The molecule has 4 rings (SSSR count). The van der Waals surface area contributed by atoms with E-state index in [9.17, 15) is 32.3 Å². The van der Waals surface area contributed by atoms with Crippen LogP contribution in [0.15, 0.2) is 53.5 Å². The highest BCUT2D eigenvalue weighted by atomic mass is 19.4. The highest BCUT2D eigenvalue weighted by Crippen LogP contribution is 2.23. The Balaban J connectivity index is 1.53. The van der Waals surface area contributed by atoms with Gasteiger partial charge in [0, 0.05) is 24.0 Å². The van der Waals surface area contributed by atoms with Crippen molar-refractivity contribution in [1.82, 2.24) is 30.1 Å². The lowest BCUT2D eigenvalue weighted by atomic mass is 10.1. The molecule has 37 heavy (non-hydrogen) atoms. The normalized spacial score (nSPS) is 15.9. The third-order valence-corrected chi connectivity index (χ3v) is 5.28. The molecule has 3 aromatic rings. The number of aromatic nitrogens is 4. The number of anilines is 2. The molecule has 1 unspecified atom stereocenters. The summed E-state index contributed by atoms with van der Waals surface area (Å²) >= 11 is 0. The van der Waals surface area contributed by atoms with Crippen LogP contribution >= 0.6 is 0 Å². The van der Waals surface area contributed by atoms with Gasteiger partial charge in [-0.05, 0) is 55.7 Å². The van der Waals surface area contributed by atoms with Crippen LogP contribution in [0.3, 0.4) is 0 Å². The molecule has 1 aliphatic heterocycles. The van der Waals surface area contributed by atoms with Gasteiger partial charge in [0.1, 0.15) is 6.04 Å². The molecule has 194 valence electrons. The van der Waals surface area contributed by atoms with Gasteiger partial charge in [-0.15, -0.1) is 5.10 Å². The SMILES string of the molecule is O=C1NCCCCC1N(OC(=O)C(F)(F)F)C(=O)c1ccc(Nc2nn(-c3ccccn3)c(=O)[nH]2)cc1. The number of amides is 2. The Hall–Kier alpha value is -4.69. The monoisotopic (exact) mass is 519 g/mol. The van der Waals surface area contributed by atoms with Crippen molar-refractivity contribution in [3.8, 4) is 5.82 Å². The Kier molecular flexibility index (Phi) is 7.22. The van der Waals surface area contributed by atoms with Crippen LogP contribution in [-0.4, -0.2) is 61.4 Å². The summed E-state index contributed by atoms with van der Waals surface area (Å²) < 4.78 is 39.6. The van der Waals surface area contributed by atoms with Crippen LogP contribution < -0.4 is 16.3 Å². The summed E-state index contributed by atoms with van der Waals surface area (Å²) in [6.07, 6.45) is -2.90. The fraction of sp³-hybridized carbons (Fsp3) is 0.273. The quantitative estimate of drug-likeness (QED) is 0.432. The first kappa shape index (κ1) is 25.4. The van der Waals surface area contributed by atoms with Crippen LogP contribution in [-0.2, 0) is 14.4 Å². The molecule has 0 spiro atoms. The van der Waals surface area contributed by atoms with Crippen molar-refractivity contribution in [2.24, 2.45) is 0 Å². The Morgan fingerprint density at radius 3 is 2.54 bits per heavy atom. The third-order valence-electron chi connectivity index (χ3n) is 5.28. The maximum Gasteiger partial charge on any atom is 0.493 e. The van der Waals surface area contributed by atoms with Gasteiger partial charge in [-0.2, -0.15) is 22.9 Å². The number of carbonyl (C=O) groups excluding carboxylic acids is 3. The lowest BCUT2D eigenvalue weighted by Crippen LogP contribution is -2.50. The summed E-state index contributed by atoms with van der Waals surface area (Å²) in [6.45, 7) is 0.281. The average Bonchev–Trinajstić information content (AvgIpc) is 3.10. The highest BCUT2D eigenvalue weighted by Gasteiger charge is 2.45. The molecule has 12 nitrogen and oxygen atoms in total. The largest absolute Gasteiger partial charge is 0.493 e. The number of H-pyrrole nitrogens is 1. The minimum Gasteiger partial charge on any atom is -0.354 e. The van der Waals surface area contributed by atoms with Crippen LogP contribution in [0, 0.1) is 0 Å². The molecule has 1 saturated heterocycles. The van der Waals surface area contributed by atoms with E-state index in [2.05, 4.69) is 30.5 Å². The smallest absolute Gasteiger partial charge is 0.354 e. The second kappa shape index (κ2) is 10.5. The van der Waals surface area contributed by atoms with Gasteiger partial charge in [0.15, 0.2) is 5.82 Å². The number of nitrogens with zero attached hydrogens (tertiary/aromatic N) is 4. The van der Waals surface area contributed by atoms with Gasteiger partial charge in [-0.1, -0.05) is 6.07 Å². The minimum absolute atomic E-state index is 0.00857. The van der Waals surface area contributed by atoms with Crippen molar-refractivity contribution >= 4 is 29.4 Å². The number of rotatable bonds is 5. The number of benzene rings is 1. The Labute approximate surface area is 206 Å². The molecule has 1 atom stereocenters. The molecule has 2 amide bonds. The average molecular weight is 519 g/mol. The predicted octanol–water partition coefficient (Wildman–Crippen LogP) is 1.83. The zero-order valence-corrected chi connectivity index (χ0v) is 19.0. The van der Waals surface area contributed by atoms with Gasteiger partial charge in [0.25, 0.3) is 5.91 Å². The molecule has 1 aliphatic rings. The van der Waals surface area contributed by atoms with E-state index in [1.54, 1.807) is 18.2 Å². The predicted molar refractivity (Wildman–Crippen MR) is 121 cm³/mol. The first-order valence-corrected chi connectivity index (χ1v) is 11.0. The van der Waals surface area contributed by atoms with Gasteiger partial charge in [-0.25, -0.2) is 14.6 Å². The summed E-state index contributed by atoms with van der Waals surface area (Å²) in [5.74, 6) is -4.12. The van der Waals surface area contributed by atoms with Crippen LogP contribution in [0.1, 0.15) is 29.6 Å². The number of hydrogen-bond acceptors (Lipinski definition) is 8. The number of carbonyl (C=O) groups is 3. The summed E-state index contributed by atoms with van der Waals surface area (Å²) in [6, 6.07) is 8.79. The third kappa shape index (κ3) is 5.94. The molecule has 0 aliphatic carbocycles. The van der Waals surface area contributed by atoms with Crippen LogP contribution in [0.4, 0.5) is 24.8 Å². The molecular formula is C22H20F3N7O5. The fourth-order valence-corrected chi connectivity index (χ4v) is 3.51. The van der Waals surface area contributed by atoms with Crippen molar-refractivity contribution in [3.05, 3.63) is 64.7 Å². The Bertz CT molecular complexity index is 1340. The molecule has 0 radical (unpaired) electrons. The highest BCUT2D eigenvalue weighted by molar-refractivity contribution is 5.98. The van der Waals surface area contributed by atoms with E-state index in [1.807, 2.05) is 0 Å². The van der Waals surface area contributed by atoms with Gasteiger partial charge < -0.3 is 15.5 Å². The molecular weight excluding hydrogens is 499 g/mol. The number of alkyl halides is 3. The van der Waals surface area contributed by atoms with Crippen LogP contribution in [0.2, 0.25) is 0 Å². The van der Waals surface area contributed by atoms with E-state index < -0.39 is 35.7 Å². The molecule has 15 heteroatoms. The van der Waals surface area contributed by atoms with Gasteiger partial charge in [-0.3, -0.25) is 14.6 Å². The molecule has 1 fully saturated rings. The van der Waals surface area contributed by atoms with Crippen molar-refractivity contribution < 1.29 is 32.4 Å². The first-order valence-electron chi connectivity index (χ1n) is 11.0. The van der Waals surface area contributed by atoms with Gasteiger partial charge in [0.2, 0.25) is 11.9 Å². The number of halogens is 3. The maximum atomic E-state index is 13.0. The van der Waals surface area contributed by atoms with E-state index in [0.29, 0.717) is 18.5 Å². The van der Waals surface area contributed by atoms with Crippen LogP contribution in [0.5, 0.6) is 0 Å². The van der Waals surface area contributed by atoms with Crippen molar-refractivity contribution in [3.63, 3.8) is 0 Å². The van der Waals surface area contributed by atoms with E-state index in [4.69, 9.17) is 0 Å². The second-order valence-corrected chi connectivity index (χ2v) is 7.89. The maximum absolute atomic E-state index is 13.0. The van der Waals surface area contributed by atoms with Crippen LogP contribution in [0.25, 0.3) is 5.82 Å². The van der Waals surface area contributed by atoms with E-state index in [0.717, 1.165) is 4.68 Å². The minimum atomic E-state index is -5.37. The van der Waals surface area contributed by atoms with Gasteiger partial charge >= 0.3 is 17.8 Å². The first-order chi connectivity index (χ1) is 17.6. The standard InChI is InChI=1S/C22H20F3N7O5/c23-22(24,25)19(35)37-32(15-5-1-3-12-27-17(15)33)18(34)13-7-9-14(10-8-13)28-20-29-21(36)31(30-20)16-6-2-4-11-26-16/h2,4,6-11,15H,1,3,5,12H2,(H,27,33)(H2,28,29,30,36). The molecule has 3 heterocycles. The summed E-state index contributed by atoms with van der Waals surface area (Å²) in [4.78, 5) is 60.0. The number of pyridine rings is 1. The summed E-state index contributed by atoms with van der Waals surface area (Å²) in [7, 11) is 0. The topological polar surface area (TPSA) is 151 Å². The van der Waals surface area contributed by atoms with E-state index >= 15 is 0 Å². The number of nitrogens with one attached hydrogen (secondary N) is 3. The van der Waals surface area contributed by atoms with E-state index in [-0.39, 0.29) is 35.4 Å². The lowest BCUT2D eigenvalue weighted by Gasteiger charge is -2.28. The molecule has 0 saturated carbocycles. The molecule has 3 N–H and O–H groups in total. The van der Waals surface area contributed by atoms with Gasteiger partial charge in [0.05, 0.1) is 0 Å². The van der Waals surface area contributed by atoms with Crippen molar-refractivity contribution in [2.75, 3.05) is 11.9 Å². The lowest BCUT2D eigenvalue weighted by molar-refractivity contribution is -0.233.